The van der Waals surface area contributed by atoms with Gasteiger partial charge < -0.3 is 5.32 Å². The molecule has 1 N–H and O–H groups in total. The van der Waals surface area contributed by atoms with Gasteiger partial charge in [0, 0.05) is 44.1 Å². The molecule has 34 heavy (non-hydrogen) atoms. The zero-order valence-corrected chi connectivity index (χ0v) is 19.6. The fraction of sp³-hybridized carbons (Fsp3) is 0.296. The lowest BCUT2D eigenvalue weighted by Gasteiger charge is -2.34. The normalized spacial score (nSPS) is 14.4. The predicted molar refractivity (Wildman–Crippen MR) is 131 cm³/mol. The number of carbonyl (C=O) groups excluding carboxylic acids is 1. The number of para-hydroxylation sites is 1. The zero-order chi connectivity index (χ0) is 24.1. The first-order valence-corrected chi connectivity index (χ1v) is 11.4. The van der Waals surface area contributed by atoms with Crippen LogP contribution in [-0.2, 0) is 11.3 Å². The first-order chi connectivity index (χ1) is 16.5. The Bertz CT molecular complexity index is 1240. The third kappa shape index (κ3) is 5.02. The second-order valence-electron chi connectivity index (χ2n) is 8.63. The van der Waals surface area contributed by atoms with Gasteiger partial charge in [0.05, 0.1) is 23.7 Å². The molecule has 4 rings (SSSR count). The molecule has 1 fully saturated rings. The van der Waals surface area contributed by atoms with Crippen molar-refractivity contribution in [2.45, 2.75) is 20.4 Å². The van der Waals surface area contributed by atoms with Crippen LogP contribution in [0.1, 0.15) is 27.9 Å². The average Bonchev–Trinajstić information content (AvgIpc) is 3.09. The molecule has 0 bridgehead atoms. The molecule has 0 atom stereocenters. The highest BCUT2D eigenvalue weighted by Crippen LogP contribution is 2.29. The summed E-state index contributed by atoms with van der Waals surface area (Å²) >= 11 is 0. The van der Waals surface area contributed by atoms with Crippen molar-refractivity contribution < 1.29 is 4.79 Å². The van der Waals surface area contributed by atoms with Crippen molar-refractivity contribution in [2.75, 3.05) is 38.0 Å². The molecule has 3 aromatic rings. The van der Waals surface area contributed by atoms with E-state index in [2.05, 4.69) is 27.3 Å². The van der Waals surface area contributed by atoms with E-state index in [0.29, 0.717) is 16.9 Å². The molecule has 172 valence electrons. The molecule has 7 nitrogen and oxygen atoms in total. The van der Waals surface area contributed by atoms with E-state index >= 15 is 0 Å². The minimum atomic E-state index is -0.119. The second kappa shape index (κ2) is 10.4. The number of hydrogen-bond donors (Lipinski definition) is 1. The van der Waals surface area contributed by atoms with Gasteiger partial charge in [-0.15, -0.1) is 0 Å². The van der Waals surface area contributed by atoms with Gasteiger partial charge in [-0.1, -0.05) is 30.3 Å². The molecule has 1 aliphatic heterocycles. The van der Waals surface area contributed by atoms with E-state index in [0.717, 1.165) is 49.7 Å². The Morgan fingerprint density at radius 1 is 0.912 bits per heavy atom. The maximum atomic E-state index is 13.0. The van der Waals surface area contributed by atoms with Crippen LogP contribution >= 0.6 is 0 Å². The zero-order valence-electron chi connectivity index (χ0n) is 19.6. The summed E-state index contributed by atoms with van der Waals surface area (Å²) in [5.74, 6) is 0.417. The smallest absolute Gasteiger partial charge is 0.239 e. The van der Waals surface area contributed by atoms with Gasteiger partial charge in [-0.3, -0.25) is 19.2 Å². The van der Waals surface area contributed by atoms with Crippen molar-refractivity contribution in [1.29, 1.82) is 10.5 Å². The number of nitrogens with one attached hydrogen (secondary N) is 1. The number of amides is 1. The summed E-state index contributed by atoms with van der Waals surface area (Å²) in [5, 5.41) is 21.7. The Hall–Kier alpha value is -3.91. The second-order valence-corrected chi connectivity index (χ2v) is 8.63. The molecule has 1 amide bonds. The standard InChI is InChI=1S/C27H28N6O/c1-20-21(2)33(24-6-4-3-5-7-24)27(25(20)17-29)30-26(34)19-32-14-12-31(13-15-32)18-23-10-8-22(16-28)9-11-23/h3-11H,12-15,18-19H2,1-2H3,(H,30,34). The van der Waals surface area contributed by atoms with Crippen LogP contribution in [0.25, 0.3) is 5.69 Å². The topological polar surface area (TPSA) is 88.1 Å². The highest BCUT2D eigenvalue weighted by Gasteiger charge is 2.23. The minimum absolute atomic E-state index is 0.119. The van der Waals surface area contributed by atoms with Crippen LogP contribution in [0.5, 0.6) is 0 Å². The molecule has 0 unspecified atom stereocenters. The molecule has 0 saturated carbocycles. The maximum absolute atomic E-state index is 13.0. The molecular weight excluding hydrogens is 424 g/mol. The van der Waals surface area contributed by atoms with Gasteiger partial charge in [0.2, 0.25) is 5.91 Å². The molecule has 0 spiro atoms. The first kappa shape index (κ1) is 23.3. The molecule has 1 aromatic heterocycles. The number of nitrogens with zero attached hydrogens (tertiary/aromatic N) is 5. The van der Waals surface area contributed by atoms with Gasteiger partial charge in [0.25, 0.3) is 0 Å². The number of rotatable bonds is 6. The fourth-order valence-electron chi connectivity index (χ4n) is 4.38. The van der Waals surface area contributed by atoms with E-state index in [4.69, 9.17) is 5.26 Å². The van der Waals surface area contributed by atoms with Crippen molar-refractivity contribution in [3.05, 3.63) is 82.5 Å². The minimum Gasteiger partial charge on any atom is -0.310 e. The monoisotopic (exact) mass is 452 g/mol. The quantitative estimate of drug-likeness (QED) is 0.618. The number of benzene rings is 2. The van der Waals surface area contributed by atoms with Gasteiger partial charge in [-0.25, -0.2) is 0 Å². The summed E-state index contributed by atoms with van der Waals surface area (Å²) < 4.78 is 1.95. The molecule has 2 aromatic carbocycles. The largest absolute Gasteiger partial charge is 0.310 e. The van der Waals surface area contributed by atoms with Crippen LogP contribution in [0.2, 0.25) is 0 Å². The first-order valence-electron chi connectivity index (χ1n) is 11.4. The van der Waals surface area contributed by atoms with Crippen molar-refractivity contribution >= 4 is 11.7 Å². The van der Waals surface area contributed by atoms with Crippen molar-refractivity contribution in [3.63, 3.8) is 0 Å². The summed E-state index contributed by atoms with van der Waals surface area (Å²) in [6.07, 6.45) is 0. The number of anilines is 1. The third-order valence-electron chi connectivity index (χ3n) is 6.42. The molecule has 0 radical (unpaired) electrons. The average molecular weight is 453 g/mol. The number of hydrogen-bond acceptors (Lipinski definition) is 5. The summed E-state index contributed by atoms with van der Waals surface area (Å²) in [6.45, 7) is 8.33. The highest BCUT2D eigenvalue weighted by atomic mass is 16.2. The van der Waals surface area contributed by atoms with E-state index in [9.17, 15) is 10.1 Å². The Kier molecular flexibility index (Phi) is 7.08. The molecule has 1 saturated heterocycles. The molecule has 2 heterocycles. The predicted octanol–water partition coefficient (Wildman–Crippen LogP) is 3.59. The number of nitriles is 2. The Balaban J connectivity index is 1.38. The summed E-state index contributed by atoms with van der Waals surface area (Å²) in [5.41, 5.74) is 5.08. The van der Waals surface area contributed by atoms with Crippen LogP contribution in [0.3, 0.4) is 0 Å². The van der Waals surface area contributed by atoms with Crippen LogP contribution in [0.4, 0.5) is 5.82 Å². The lowest BCUT2D eigenvalue weighted by Crippen LogP contribution is -2.48. The number of aromatic nitrogens is 1. The molecule has 1 aliphatic rings. The van der Waals surface area contributed by atoms with E-state index in [1.165, 1.54) is 5.56 Å². The summed E-state index contributed by atoms with van der Waals surface area (Å²) in [7, 11) is 0. The number of piperazine rings is 1. The highest BCUT2D eigenvalue weighted by molar-refractivity contribution is 5.93. The Labute approximate surface area is 200 Å². The lowest BCUT2D eigenvalue weighted by atomic mass is 10.1. The Morgan fingerprint density at radius 2 is 1.56 bits per heavy atom. The lowest BCUT2D eigenvalue weighted by molar-refractivity contribution is -0.117. The summed E-state index contributed by atoms with van der Waals surface area (Å²) in [4.78, 5) is 17.5. The van der Waals surface area contributed by atoms with Crippen LogP contribution in [-0.4, -0.2) is 53.0 Å². The molecular formula is C27H28N6O. The van der Waals surface area contributed by atoms with Crippen molar-refractivity contribution in [2.24, 2.45) is 0 Å². The molecule has 0 aliphatic carbocycles. The van der Waals surface area contributed by atoms with Crippen LogP contribution in [0, 0.1) is 36.5 Å². The van der Waals surface area contributed by atoms with Crippen molar-refractivity contribution in [3.8, 4) is 17.8 Å². The number of carbonyl (C=O) groups is 1. The van der Waals surface area contributed by atoms with Gasteiger partial charge in [-0.2, -0.15) is 10.5 Å². The van der Waals surface area contributed by atoms with Crippen LogP contribution in [0.15, 0.2) is 54.6 Å². The van der Waals surface area contributed by atoms with E-state index < -0.39 is 0 Å². The van der Waals surface area contributed by atoms with Crippen LogP contribution < -0.4 is 5.32 Å². The SMILES string of the molecule is Cc1c(C#N)c(NC(=O)CN2CCN(Cc3ccc(C#N)cc3)CC2)n(-c2ccccc2)c1C. The van der Waals surface area contributed by atoms with Gasteiger partial charge in [0.1, 0.15) is 11.9 Å². The van der Waals surface area contributed by atoms with Gasteiger partial charge >= 0.3 is 0 Å². The third-order valence-corrected chi connectivity index (χ3v) is 6.42. The van der Waals surface area contributed by atoms with E-state index in [-0.39, 0.29) is 12.5 Å². The maximum Gasteiger partial charge on any atom is 0.239 e. The van der Waals surface area contributed by atoms with E-state index in [1.807, 2.05) is 73.0 Å². The van der Waals surface area contributed by atoms with Gasteiger partial charge in [-0.05, 0) is 49.2 Å². The van der Waals surface area contributed by atoms with Crippen molar-refractivity contribution in [1.82, 2.24) is 14.4 Å². The molecule has 7 heteroatoms. The Morgan fingerprint density at radius 3 is 2.18 bits per heavy atom. The fourth-order valence-corrected chi connectivity index (χ4v) is 4.38. The van der Waals surface area contributed by atoms with E-state index in [1.54, 1.807) is 0 Å². The summed E-state index contributed by atoms with van der Waals surface area (Å²) in [6, 6.07) is 21.9. The van der Waals surface area contributed by atoms with Gasteiger partial charge in [0.15, 0.2) is 0 Å².